The van der Waals surface area contributed by atoms with E-state index in [2.05, 4.69) is 5.32 Å². The summed E-state index contributed by atoms with van der Waals surface area (Å²) in [6, 6.07) is 7.75. The van der Waals surface area contributed by atoms with Gasteiger partial charge in [-0.15, -0.1) is 0 Å². The summed E-state index contributed by atoms with van der Waals surface area (Å²) in [6.07, 6.45) is 3.27. The minimum atomic E-state index is -3.37. The second-order valence-electron chi connectivity index (χ2n) is 6.39. The molecule has 3 rings (SSSR count). The molecular formula is C18H19N3O6S. The summed E-state index contributed by atoms with van der Waals surface area (Å²) >= 11 is 0. The van der Waals surface area contributed by atoms with Crippen LogP contribution in [0.1, 0.15) is 26.4 Å². The van der Waals surface area contributed by atoms with E-state index >= 15 is 0 Å². The Balaban J connectivity index is 1.59. The van der Waals surface area contributed by atoms with Crippen molar-refractivity contribution in [3.05, 3.63) is 53.3 Å². The number of aryl methyl sites for hydroxylation is 1. The summed E-state index contributed by atoms with van der Waals surface area (Å²) in [7, 11) is -1.71. The maximum Gasteiger partial charge on any atom is 0.338 e. The number of carbonyl (C=O) groups is 3. The Kier molecular flexibility index (Phi) is 5.23. The van der Waals surface area contributed by atoms with E-state index in [0.29, 0.717) is 29.9 Å². The van der Waals surface area contributed by atoms with Gasteiger partial charge in [0, 0.05) is 19.8 Å². The van der Waals surface area contributed by atoms with Crippen molar-refractivity contribution < 1.29 is 27.5 Å². The van der Waals surface area contributed by atoms with Crippen LogP contribution in [0.25, 0.3) is 0 Å². The second kappa shape index (κ2) is 7.47. The van der Waals surface area contributed by atoms with Crippen molar-refractivity contribution >= 4 is 33.5 Å². The highest BCUT2D eigenvalue weighted by Crippen LogP contribution is 2.30. The van der Waals surface area contributed by atoms with Crippen molar-refractivity contribution in [3.8, 4) is 0 Å². The first-order valence-corrected chi connectivity index (χ1v) is 10.2. The van der Waals surface area contributed by atoms with E-state index in [1.165, 1.54) is 10.4 Å². The highest BCUT2D eigenvalue weighted by Gasteiger charge is 2.27. The third kappa shape index (κ3) is 4.06. The lowest BCUT2D eigenvalue weighted by Gasteiger charge is -2.16. The maximum absolute atomic E-state index is 12.2. The summed E-state index contributed by atoms with van der Waals surface area (Å²) in [6.45, 7) is -0.294. The van der Waals surface area contributed by atoms with Gasteiger partial charge in [0.2, 0.25) is 10.0 Å². The minimum absolute atomic E-state index is 0.204. The Hall–Kier alpha value is -3.14. The van der Waals surface area contributed by atoms with Crippen LogP contribution in [0.5, 0.6) is 0 Å². The van der Waals surface area contributed by atoms with Crippen LogP contribution in [0, 0.1) is 0 Å². The van der Waals surface area contributed by atoms with Crippen LogP contribution >= 0.6 is 0 Å². The molecule has 0 spiro atoms. The molecule has 2 heterocycles. The largest absolute Gasteiger partial charge is 0.452 e. The number of sulfonamides is 1. The van der Waals surface area contributed by atoms with Crippen molar-refractivity contribution in [2.24, 2.45) is 7.05 Å². The Labute approximate surface area is 161 Å². The van der Waals surface area contributed by atoms with Crippen molar-refractivity contribution in [1.82, 2.24) is 9.88 Å². The van der Waals surface area contributed by atoms with Gasteiger partial charge in [0.1, 0.15) is 5.69 Å². The van der Waals surface area contributed by atoms with E-state index in [0.717, 1.165) is 6.26 Å². The number of ether oxygens (including phenoxy) is 1. The molecule has 0 fully saturated rings. The fourth-order valence-corrected chi connectivity index (χ4v) is 3.94. The molecule has 2 amide bonds. The van der Waals surface area contributed by atoms with Gasteiger partial charge >= 0.3 is 5.97 Å². The zero-order valence-corrected chi connectivity index (χ0v) is 16.2. The number of nitrogens with one attached hydrogen (secondary N) is 1. The number of fused-ring (bicyclic) bond motifs is 1. The number of imide groups is 1. The van der Waals surface area contributed by atoms with Crippen LogP contribution in [-0.4, -0.2) is 50.2 Å². The number of hydrogen-bond acceptors (Lipinski definition) is 6. The summed E-state index contributed by atoms with van der Waals surface area (Å²) in [4.78, 5) is 36.0. The van der Waals surface area contributed by atoms with Crippen molar-refractivity contribution in [3.63, 3.8) is 0 Å². The minimum Gasteiger partial charge on any atom is -0.452 e. The summed E-state index contributed by atoms with van der Waals surface area (Å²) in [5.41, 5.74) is 1.75. The topological polar surface area (TPSA) is 115 Å². The van der Waals surface area contributed by atoms with Crippen LogP contribution in [0.15, 0.2) is 36.5 Å². The number of amides is 2. The van der Waals surface area contributed by atoms with Gasteiger partial charge in [0.15, 0.2) is 6.61 Å². The molecule has 28 heavy (non-hydrogen) atoms. The number of hydrogen-bond donors (Lipinski definition) is 1. The third-order valence-corrected chi connectivity index (χ3v) is 5.51. The Morgan fingerprint density at radius 2 is 1.96 bits per heavy atom. The highest BCUT2D eigenvalue weighted by atomic mass is 32.2. The molecule has 1 N–H and O–H groups in total. The molecule has 0 atom stereocenters. The summed E-state index contributed by atoms with van der Waals surface area (Å²) < 4.78 is 31.3. The lowest BCUT2D eigenvalue weighted by Crippen LogP contribution is -2.35. The van der Waals surface area contributed by atoms with Crippen LogP contribution in [-0.2, 0) is 33.0 Å². The predicted octanol–water partition coefficient (Wildman–Crippen LogP) is 0.461. The molecule has 0 unspecified atom stereocenters. The quantitative estimate of drug-likeness (QED) is 0.723. The standard InChI is InChI=1S/C18H19N3O6S/c1-20-8-3-4-15(20)17(23)19-16(22)11-27-18(24)13-5-6-14-12(10-13)7-9-21(14)28(2,25)26/h3-6,8,10H,7,9,11H2,1-2H3,(H,19,22,23). The fourth-order valence-electron chi connectivity index (χ4n) is 2.98. The molecule has 2 aromatic rings. The van der Waals surface area contributed by atoms with Crippen LogP contribution in [0.4, 0.5) is 5.69 Å². The molecule has 0 radical (unpaired) electrons. The van der Waals surface area contributed by atoms with Crippen LogP contribution < -0.4 is 9.62 Å². The first kappa shape index (κ1) is 19.6. The lowest BCUT2D eigenvalue weighted by atomic mass is 10.1. The first-order valence-electron chi connectivity index (χ1n) is 8.40. The first-order chi connectivity index (χ1) is 13.2. The molecule has 9 nitrogen and oxygen atoms in total. The van der Waals surface area contributed by atoms with E-state index in [1.807, 2.05) is 0 Å². The van der Waals surface area contributed by atoms with Crippen molar-refractivity contribution in [2.45, 2.75) is 6.42 Å². The van der Waals surface area contributed by atoms with E-state index in [9.17, 15) is 22.8 Å². The smallest absolute Gasteiger partial charge is 0.338 e. The molecule has 1 aliphatic rings. The molecule has 0 saturated heterocycles. The maximum atomic E-state index is 12.2. The van der Waals surface area contributed by atoms with Crippen LogP contribution in [0.2, 0.25) is 0 Å². The number of aromatic nitrogens is 1. The van der Waals surface area contributed by atoms with Crippen LogP contribution in [0.3, 0.4) is 0 Å². The molecule has 0 bridgehead atoms. The number of nitrogens with zero attached hydrogens (tertiary/aromatic N) is 2. The number of anilines is 1. The van der Waals surface area contributed by atoms with Gasteiger partial charge in [-0.2, -0.15) is 0 Å². The fraction of sp³-hybridized carbons (Fsp3) is 0.278. The molecule has 148 valence electrons. The molecule has 1 aliphatic heterocycles. The number of rotatable bonds is 5. The Morgan fingerprint density at radius 1 is 1.21 bits per heavy atom. The van der Waals surface area contributed by atoms with Gasteiger partial charge in [0.25, 0.3) is 11.8 Å². The molecule has 0 saturated carbocycles. The Bertz CT molecular complexity index is 1060. The average molecular weight is 405 g/mol. The highest BCUT2D eigenvalue weighted by molar-refractivity contribution is 7.92. The molecule has 0 aliphatic carbocycles. The monoisotopic (exact) mass is 405 g/mol. The van der Waals surface area contributed by atoms with E-state index in [-0.39, 0.29) is 5.56 Å². The molecule has 1 aromatic carbocycles. The van der Waals surface area contributed by atoms with Gasteiger partial charge < -0.3 is 9.30 Å². The second-order valence-corrected chi connectivity index (χ2v) is 8.29. The van der Waals surface area contributed by atoms with Gasteiger partial charge in [-0.05, 0) is 42.3 Å². The number of carbonyl (C=O) groups excluding carboxylic acids is 3. The summed E-state index contributed by atoms with van der Waals surface area (Å²) in [5.74, 6) is -2.07. The zero-order chi connectivity index (χ0) is 20.5. The Morgan fingerprint density at radius 3 is 2.61 bits per heavy atom. The zero-order valence-electron chi connectivity index (χ0n) is 15.3. The van der Waals surface area contributed by atoms with E-state index in [1.54, 1.807) is 42.1 Å². The SMILES string of the molecule is Cn1cccc1C(=O)NC(=O)COC(=O)c1ccc2c(c1)CCN2S(C)(=O)=O. The van der Waals surface area contributed by atoms with Crippen molar-refractivity contribution in [2.75, 3.05) is 23.7 Å². The summed E-state index contributed by atoms with van der Waals surface area (Å²) in [5, 5.41) is 2.14. The molecular weight excluding hydrogens is 386 g/mol. The number of esters is 1. The van der Waals surface area contributed by atoms with Crippen molar-refractivity contribution in [1.29, 1.82) is 0 Å². The van der Waals surface area contributed by atoms with Gasteiger partial charge in [-0.3, -0.25) is 19.2 Å². The molecule has 10 heteroatoms. The van der Waals surface area contributed by atoms with Gasteiger partial charge in [-0.1, -0.05) is 0 Å². The average Bonchev–Trinajstić information content (AvgIpc) is 3.24. The normalized spacial score (nSPS) is 13.1. The van der Waals surface area contributed by atoms with E-state index < -0.39 is 34.4 Å². The molecule has 1 aromatic heterocycles. The lowest BCUT2D eigenvalue weighted by molar-refractivity contribution is -0.123. The van der Waals surface area contributed by atoms with Gasteiger partial charge in [-0.25, -0.2) is 13.2 Å². The van der Waals surface area contributed by atoms with E-state index in [4.69, 9.17) is 4.74 Å². The third-order valence-electron chi connectivity index (χ3n) is 4.33. The number of benzene rings is 1. The van der Waals surface area contributed by atoms with Gasteiger partial charge in [0.05, 0.1) is 17.5 Å². The predicted molar refractivity (Wildman–Crippen MR) is 101 cm³/mol.